The van der Waals surface area contributed by atoms with Crippen molar-refractivity contribution >= 4 is 23.2 Å². The van der Waals surface area contributed by atoms with Gasteiger partial charge in [0, 0.05) is 12.6 Å². The van der Waals surface area contributed by atoms with E-state index in [2.05, 4.69) is 5.32 Å². The predicted molar refractivity (Wildman–Crippen MR) is 82.8 cm³/mol. The summed E-state index contributed by atoms with van der Waals surface area (Å²) in [4.78, 5) is 0. The van der Waals surface area contributed by atoms with Crippen LogP contribution < -0.4 is 10.1 Å². The van der Waals surface area contributed by atoms with Gasteiger partial charge in [0.15, 0.2) is 0 Å². The van der Waals surface area contributed by atoms with E-state index in [0.29, 0.717) is 22.6 Å². The molecule has 0 spiro atoms. The number of halogens is 3. The fourth-order valence-corrected chi connectivity index (χ4v) is 2.41. The van der Waals surface area contributed by atoms with Crippen molar-refractivity contribution in [1.29, 1.82) is 0 Å². The van der Waals surface area contributed by atoms with Gasteiger partial charge in [-0.2, -0.15) is 0 Å². The second-order valence-electron chi connectivity index (χ2n) is 5.10. The first kappa shape index (κ1) is 14.6. The lowest BCUT2D eigenvalue weighted by molar-refractivity contribution is 0.480. The Morgan fingerprint density at radius 1 is 1.05 bits per heavy atom. The Bertz CT molecular complexity index is 659. The van der Waals surface area contributed by atoms with E-state index in [4.69, 9.17) is 27.9 Å². The van der Waals surface area contributed by atoms with Crippen molar-refractivity contribution in [2.75, 3.05) is 0 Å². The van der Waals surface area contributed by atoms with E-state index in [9.17, 15) is 4.39 Å². The van der Waals surface area contributed by atoms with Gasteiger partial charge in [0.05, 0.1) is 10.0 Å². The molecule has 1 aliphatic carbocycles. The standard InChI is InChI=1S/C16H14Cl2FNO/c17-13-7-10(9-20-12-3-4-12)1-5-15(13)21-16-6-2-11(19)8-14(16)18/h1-2,5-8,12,20H,3-4,9H2. The fraction of sp³-hybridized carbons (Fsp3) is 0.250. The SMILES string of the molecule is Fc1ccc(Oc2ccc(CNC3CC3)cc2Cl)c(Cl)c1. The molecule has 1 saturated carbocycles. The Balaban J connectivity index is 1.72. The molecule has 0 bridgehead atoms. The second kappa shape index (κ2) is 6.22. The van der Waals surface area contributed by atoms with E-state index < -0.39 is 5.82 Å². The van der Waals surface area contributed by atoms with Crippen LogP contribution in [0.1, 0.15) is 18.4 Å². The lowest BCUT2D eigenvalue weighted by atomic mass is 10.2. The van der Waals surface area contributed by atoms with Crippen LogP contribution in [0.4, 0.5) is 4.39 Å². The zero-order chi connectivity index (χ0) is 14.8. The average molecular weight is 326 g/mol. The highest BCUT2D eigenvalue weighted by atomic mass is 35.5. The fourth-order valence-electron chi connectivity index (χ4n) is 1.96. The summed E-state index contributed by atoms with van der Waals surface area (Å²) in [7, 11) is 0. The van der Waals surface area contributed by atoms with Crippen LogP contribution >= 0.6 is 23.2 Å². The van der Waals surface area contributed by atoms with Gasteiger partial charge in [-0.3, -0.25) is 0 Å². The Kier molecular flexibility index (Phi) is 4.34. The summed E-state index contributed by atoms with van der Waals surface area (Å²) in [5, 5.41) is 4.14. The van der Waals surface area contributed by atoms with E-state index in [0.717, 1.165) is 12.1 Å². The maximum absolute atomic E-state index is 13.0. The van der Waals surface area contributed by atoms with Crippen LogP contribution in [0.3, 0.4) is 0 Å². The van der Waals surface area contributed by atoms with Crippen molar-refractivity contribution in [3.8, 4) is 11.5 Å². The normalized spacial score (nSPS) is 14.2. The molecule has 1 fully saturated rings. The van der Waals surface area contributed by atoms with E-state index in [1.165, 1.54) is 31.0 Å². The molecule has 0 atom stereocenters. The third kappa shape index (κ3) is 3.88. The van der Waals surface area contributed by atoms with Gasteiger partial charge in [0.1, 0.15) is 17.3 Å². The minimum atomic E-state index is -0.403. The minimum Gasteiger partial charge on any atom is -0.454 e. The van der Waals surface area contributed by atoms with Gasteiger partial charge >= 0.3 is 0 Å². The highest BCUT2D eigenvalue weighted by Crippen LogP contribution is 2.34. The smallest absolute Gasteiger partial charge is 0.146 e. The lowest BCUT2D eigenvalue weighted by Crippen LogP contribution is -2.15. The van der Waals surface area contributed by atoms with Gasteiger partial charge in [-0.25, -0.2) is 4.39 Å². The molecule has 0 saturated heterocycles. The quantitative estimate of drug-likeness (QED) is 0.818. The molecule has 2 aromatic rings. The number of hydrogen-bond acceptors (Lipinski definition) is 2. The molecule has 5 heteroatoms. The molecule has 0 radical (unpaired) electrons. The first-order valence-corrected chi connectivity index (χ1v) is 7.52. The number of ether oxygens (including phenoxy) is 1. The molecule has 0 amide bonds. The topological polar surface area (TPSA) is 21.3 Å². The van der Waals surface area contributed by atoms with Crippen LogP contribution in [0.25, 0.3) is 0 Å². The summed E-state index contributed by atoms with van der Waals surface area (Å²) in [5.74, 6) is 0.476. The molecule has 110 valence electrons. The van der Waals surface area contributed by atoms with Gasteiger partial charge in [-0.05, 0) is 48.7 Å². The molecule has 1 N–H and O–H groups in total. The Labute approximate surface area is 132 Å². The van der Waals surface area contributed by atoms with E-state index in [1.807, 2.05) is 12.1 Å². The number of benzene rings is 2. The molecular formula is C16H14Cl2FNO. The van der Waals surface area contributed by atoms with Crippen LogP contribution in [-0.2, 0) is 6.54 Å². The van der Waals surface area contributed by atoms with Gasteiger partial charge in [-0.1, -0.05) is 29.3 Å². The predicted octanol–water partition coefficient (Wildman–Crippen LogP) is 5.18. The third-order valence-corrected chi connectivity index (χ3v) is 3.87. The Hall–Kier alpha value is -1.29. The monoisotopic (exact) mass is 325 g/mol. The summed E-state index contributed by atoms with van der Waals surface area (Å²) >= 11 is 12.2. The molecule has 21 heavy (non-hydrogen) atoms. The van der Waals surface area contributed by atoms with Crippen molar-refractivity contribution in [3.63, 3.8) is 0 Å². The Morgan fingerprint density at radius 2 is 1.71 bits per heavy atom. The lowest BCUT2D eigenvalue weighted by Gasteiger charge is -2.11. The summed E-state index contributed by atoms with van der Waals surface area (Å²) in [6.45, 7) is 0.794. The number of rotatable bonds is 5. The molecule has 2 aromatic carbocycles. The molecule has 0 heterocycles. The first-order chi connectivity index (χ1) is 10.1. The van der Waals surface area contributed by atoms with Crippen molar-refractivity contribution in [2.45, 2.75) is 25.4 Å². The van der Waals surface area contributed by atoms with Crippen molar-refractivity contribution in [1.82, 2.24) is 5.32 Å². The van der Waals surface area contributed by atoms with Gasteiger partial charge < -0.3 is 10.1 Å². The van der Waals surface area contributed by atoms with Crippen molar-refractivity contribution < 1.29 is 9.13 Å². The summed E-state index contributed by atoms with van der Waals surface area (Å²) in [5.41, 5.74) is 1.10. The van der Waals surface area contributed by atoms with Crippen LogP contribution in [-0.4, -0.2) is 6.04 Å². The summed E-state index contributed by atoms with van der Waals surface area (Å²) in [6, 6.07) is 10.2. The van der Waals surface area contributed by atoms with Crippen LogP contribution in [0.5, 0.6) is 11.5 Å². The maximum Gasteiger partial charge on any atom is 0.146 e. The second-order valence-corrected chi connectivity index (χ2v) is 5.91. The summed E-state index contributed by atoms with van der Waals surface area (Å²) < 4.78 is 18.6. The van der Waals surface area contributed by atoms with Crippen molar-refractivity contribution in [2.24, 2.45) is 0 Å². The van der Waals surface area contributed by atoms with E-state index in [-0.39, 0.29) is 5.02 Å². The van der Waals surface area contributed by atoms with Gasteiger partial charge in [0.25, 0.3) is 0 Å². The molecule has 2 nitrogen and oxygen atoms in total. The van der Waals surface area contributed by atoms with Crippen molar-refractivity contribution in [3.05, 3.63) is 57.8 Å². The first-order valence-electron chi connectivity index (χ1n) is 6.76. The van der Waals surface area contributed by atoms with Gasteiger partial charge in [-0.15, -0.1) is 0 Å². The van der Waals surface area contributed by atoms with E-state index >= 15 is 0 Å². The third-order valence-electron chi connectivity index (χ3n) is 3.28. The summed E-state index contributed by atoms with van der Waals surface area (Å²) in [6.07, 6.45) is 2.50. The average Bonchev–Trinajstić information content (AvgIpc) is 3.26. The zero-order valence-corrected chi connectivity index (χ0v) is 12.7. The highest BCUT2D eigenvalue weighted by molar-refractivity contribution is 6.32. The molecule has 0 aliphatic heterocycles. The molecule has 0 unspecified atom stereocenters. The number of nitrogens with one attached hydrogen (secondary N) is 1. The van der Waals surface area contributed by atoms with E-state index in [1.54, 1.807) is 6.07 Å². The van der Waals surface area contributed by atoms with Crippen LogP contribution in [0, 0.1) is 5.82 Å². The zero-order valence-electron chi connectivity index (χ0n) is 11.2. The van der Waals surface area contributed by atoms with Crippen LogP contribution in [0.2, 0.25) is 10.0 Å². The van der Waals surface area contributed by atoms with Gasteiger partial charge in [0.2, 0.25) is 0 Å². The van der Waals surface area contributed by atoms with Crippen LogP contribution in [0.15, 0.2) is 36.4 Å². The largest absolute Gasteiger partial charge is 0.454 e. The minimum absolute atomic E-state index is 0.213. The highest BCUT2D eigenvalue weighted by Gasteiger charge is 2.20. The maximum atomic E-state index is 13.0. The number of hydrogen-bond donors (Lipinski definition) is 1. The molecule has 1 aliphatic rings. The molecule has 0 aromatic heterocycles. The molecular weight excluding hydrogens is 312 g/mol. The molecule has 3 rings (SSSR count). The Morgan fingerprint density at radius 3 is 2.33 bits per heavy atom.